The normalized spacial score (nSPS) is 10.3. The summed E-state index contributed by atoms with van der Waals surface area (Å²) in [6, 6.07) is 11.4. The number of para-hydroxylation sites is 1. The summed E-state index contributed by atoms with van der Waals surface area (Å²) in [5, 5.41) is 0. The molecule has 0 unspecified atom stereocenters. The van der Waals surface area contributed by atoms with Crippen LogP contribution in [0.5, 0.6) is 5.75 Å². The van der Waals surface area contributed by atoms with Crippen molar-refractivity contribution in [3.63, 3.8) is 0 Å². The maximum atomic E-state index is 13.8. The summed E-state index contributed by atoms with van der Waals surface area (Å²) in [5.74, 6) is -0.386. The van der Waals surface area contributed by atoms with Crippen molar-refractivity contribution >= 4 is 5.78 Å². The monoisotopic (exact) mass is 258 g/mol. The SMILES string of the molecule is CCOc1ccccc1C(=O)c1cc(C)ccc1F. The Labute approximate surface area is 111 Å². The highest BCUT2D eigenvalue weighted by Crippen LogP contribution is 2.23. The number of halogens is 1. The van der Waals surface area contributed by atoms with Gasteiger partial charge in [-0.25, -0.2) is 4.39 Å². The summed E-state index contributed by atoms with van der Waals surface area (Å²) in [4.78, 5) is 12.4. The number of aryl methyl sites for hydroxylation is 1. The van der Waals surface area contributed by atoms with E-state index in [1.54, 1.807) is 36.4 Å². The molecule has 0 spiro atoms. The molecule has 0 atom stereocenters. The van der Waals surface area contributed by atoms with E-state index in [2.05, 4.69) is 0 Å². The number of ether oxygens (including phenoxy) is 1. The molecule has 2 nitrogen and oxygen atoms in total. The molecule has 0 saturated carbocycles. The maximum absolute atomic E-state index is 13.8. The van der Waals surface area contributed by atoms with Crippen LogP contribution in [0.15, 0.2) is 42.5 Å². The van der Waals surface area contributed by atoms with Gasteiger partial charge in [0.25, 0.3) is 0 Å². The van der Waals surface area contributed by atoms with Crippen LogP contribution in [0.25, 0.3) is 0 Å². The molecule has 0 radical (unpaired) electrons. The molecule has 0 fully saturated rings. The van der Waals surface area contributed by atoms with Gasteiger partial charge in [-0.1, -0.05) is 23.8 Å². The van der Waals surface area contributed by atoms with Gasteiger partial charge < -0.3 is 4.74 Å². The summed E-state index contributed by atoms with van der Waals surface area (Å²) in [7, 11) is 0. The molecule has 2 rings (SSSR count). The zero-order chi connectivity index (χ0) is 13.8. The van der Waals surface area contributed by atoms with Crippen molar-refractivity contribution in [1.82, 2.24) is 0 Å². The molecule has 0 amide bonds. The summed E-state index contributed by atoms with van der Waals surface area (Å²) in [6.07, 6.45) is 0. The van der Waals surface area contributed by atoms with E-state index >= 15 is 0 Å². The minimum absolute atomic E-state index is 0.0761. The van der Waals surface area contributed by atoms with E-state index in [4.69, 9.17) is 4.74 Å². The third-order valence-electron chi connectivity index (χ3n) is 2.80. The average Bonchev–Trinajstić information content (AvgIpc) is 2.42. The number of ketones is 1. The van der Waals surface area contributed by atoms with Gasteiger partial charge in [0, 0.05) is 0 Å². The minimum atomic E-state index is -0.512. The van der Waals surface area contributed by atoms with Crippen LogP contribution in [0.2, 0.25) is 0 Å². The Morgan fingerprint density at radius 2 is 1.89 bits per heavy atom. The van der Waals surface area contributed by atoms with Gasteiger partial charge in [0.05, 0.1) is 17.7 Å². The second kappa shape index (κ2) is 5.65. The van der Waals surface area contributed by atoms with Gasteiger partial charge in [0.1, 0.15) is 11.6 Å². The molecule has 0 aliphatic heterocycles. The van der Waals surface area contributed by atoms with E-state index in [1.165, 1.54) is 6.07 Å². The van der Waals surface area contributed by atoms with Crippen LogP contribution >= 0.6 is 0 Å². The Morgan fingerprint density at radius 1 is 1.16 bits per heavy atom. The number of hydrogen-bond acceptors (Lipinski definition) is 2. The van der Waals surface area contributed by atoms with Crippen molar-refractivity contribution in [2.45, 2.75) is 13.8 Å². The van der Waals surface area contributed by atoms with E-state index < -0.39 is 5.82 Å². The van der Waals surface area contributed by atoms with Crippen molar-refractivity contribution in [3.8, 4) is 5.75 Å². The molecule has 0 aliphatic rings. The van der Waals surface area contributed by atoms with Gasteiger partial charge in [-0.05, 0) is 38.1 Å². The maximum Gasteiger partial charge on any atom is 0.199 e. The molecule has 0 heterocycles. The smallest absolute Gasteiger partial charge is 0.199 e. The highest BCUT2D eigenvalue weighted by molar-refractivity contribution is 6.10. The molecule has 0 aromatic heterocycles. The van der Waals surface area contributed by atoms with Crippen molar-refractivity contribution in [2.24, 2.45) is 0 Å². The largest absolute Gasteiger partial charge is 0.493 e. The van der Waals surface area contributed by atoms with Gasteiger partial charge in [0.2, 0.25) is 0 Å². The molecule has 2 aromatic rings. The van der Waals surface area contributed by atoms with Gasteiger partial charge in [-0.15, -0.1) is 0 Å². The van der Waals surface area contributed by atoms with Gasteiger partial charge in [-0.2, -0.15) is 0 Å². The van der Waals surface area contributed by atoms with Crippen molar-refractivity contribution in [2.75, 3.05) is 6.61 Å². The fraction of sp³-hybridized carbons (Fsp3) is 0.188. The van der Waals surface area contributed by atoms with Crippen LogP contribution in [0.3, 0.4) is 0 Å². The first-order valence-corrected chi connectivity index (χ1v) is 6.16. The van der Waals surface area contributed by atoms with E-state index in [1.807, 2.05) is 13.8 Å². The molecule has 0 bridgehead atoms. The number of carbonyl (C=O) groups is 1. The van der Waals surface area contributed by atoms with E-state index in [0.717, 1.165) is 5.56 Å². The zero-order valence-electron chi connectivity index (χ0n) is 10.9. The quantitative estimate of drug-likeness (QED) is 0.780. The first-order valence-electron chi connectivity index (χ1n) is 6.16. The third-order valence-corrected chi connectivity index (χ3v) is 2.80. The topological polar surface area (TPSA) is 26.3 Å². The second-order valence-corrected chi connectivity index (χ2v) is 4.24. The van der Waals surface area contributed by atoms with Crippen LogP contribution in [0.1, 0.15) is 28.4 Å². The molecule has 0 saturated heterocycles. The molecular weight excluding hydrogens is 243 g/mol. The van der Waals surface area contributed by atoms with Gasteiger partial charge in [-0.3, -0.25) is 4.79 Å². The van der Waals surface area contributed by atoms with E-state index in [9.17, 15) is 9.18 Å². The Kier molecular flexibility index (Phi) is 3.95. The molecule has 3 heteroatoms. The molecule has 0 aliphatic carbocycles. The predicted molar refractivity (Wildman–Crippen MR) is 72.2 cm³/mol. The highest BCUT2D eigenvalue weighted by Gasteiger charge is 2.17. The van der Waals surface area contributed by atoms with Crippen molar-refractivity contribution in [3.05, 3.63) is 65.0 Å². The second-order valence-electron chi connectivity index (χ2n) is 4.24. The summed E-state index contributed by atoms with van der Waals surface area (Å²) >= 11 is 0. The van der Waals surface area contributed by atoms with Crippen molar-refractivity contribution in [1.29, 1.82) is 0 Å². The van der Waals surface area contributed by atoms with Crippen LogP contribution in [0.4, 0.5) is 4.39 Å². The van der Waals surface area contributed by atoms with Crippen LogP contribution in [0, 0.1) is 12.7 Å². The minimum Gasteiger partial charge on any atom is -0.493 e. The van der Waals surface area contributed by atoms with E-state index in [-0.39, 0.29) is 11.3 Å². The summed E-state index contributed by atoms with van der Waals surface area (Å²) in [6.45, 7) is 4.12. The van der Waals surface area contributed by atoms with Crippen LogP contribution in [-0.4, -0.2) is 12.4 Å². The molecule has 19 heavy (non-hydrogen) atoms. The first-order chi connectivity index (χ1) is 9.13. The average molecular weight is 258 g/mol. The van der Waals surface area contributed by atoms with Gasteiger partial charge >= 0.3 is 0 Å². The fourth-order valence-electron chi connectivity index (χ4n) is 1.89. The lowest BCUT2D eigenvalue weighted by Crippen LogP contribution is -2.07. The Balaban J connectivity index is 2.47. The Bertz CT molecular complexity index is 605. The molecule has 2 aromatic carbocycles. The highest BCUT2D eigenvalue weighted by atomic mass is 19.1. The number of hydrogen-bond donors (Lipinski definition) is 0. The van der Waals surface area contributed by atoms with Crippen LogP contribution < -0.4 is 4.74 Å². The van der Waals surface area contributed by atoms with Crippen molar-refractivity contribution < 1.29 is 13.9 Å². The lowest BCUT2D eigenvalue weighted by atomic mass is 10.0. The fourth-order valence-corrected chi connectivity index (χ4v) is 1.89. The van der Waals surface area contributed by atoms with E-state index in [0.29, 0.717) is 17.9 Å². The molecule has 98 valence electrons. The number of rotatable bonds is 4. The first kappa shape index (κ1) is 13.3. The Morgan fingerprint density at radius 3 is 2.63 bits per heavy atom. The van der Waals surface area contributed by atoms with Crippen LogP contribution in [-0.2, 0) is 0 Å². The predicted octanol–water partition coefficient (Wildman–Crippen LogP) is 3.76. The number of benzene rings is 2. The third kappa shape index (κ3) is 2.81. The summed E-state index contributed by atoms with van der Waals surface area (Å²) < 4.78 is 19.2. The Hall–Kier alpha value is -2.16. The number of carbonyl (C=O) groups excluding carboxylic acids is 1. The molecular formula is C16H15FO2. The van der Waals surface area contributed by atoms with Gasteiger partial charge in [0.15, 0.2) is 5.78 Å². The standard InChI is InChI=1S/C16H15FO2/c1-3-19-15-7-5-4-6-12(15)16(18)13-10-11(2)8-9-14(13)17/h4-10H,3H2,1-2H3. The zero-order valence-corrected chi connectivity index (χ0v) is 10.9. The lowest BCUT2D eigenvalue weighted by Gasteiger charge is -2.10. The summed E-state index contributed by atoms with van der Waals surface area (Å²) in [5.41, 5.74) is 1.31. The molecule has 0 N–H and O–H groups in total. The lowest BCUT2D eigenvalue weighted by molar-refractivity contribution is 0.103.